The summed E-state index contributed by atoms with van der Waals surface area (Å²) in [6.45, 7) is 1.79. The van der Waals surface area contributed by atoms with Crippen LogP contribution in [0.2, 0.25) is 0 Å². The molecule has 0 atom stereocenters. The number of ether oxygens (including phenoxy) is 2. The highest BCUT2D eigenvalue weighted by Crippen LogP contribution is 2.28. The molecule has 116 valence electrons. The predicted octanol–water partition coefficient (Wildman–Crippen LogP) is 1.10. The van der Waals surface area contributed by atoms with Crippen LogP contribution in [0.1, 0.15) is 12.8 Å². The Kier molecular flexibility index (Phi) is 5.41. The van der Waals surface area contributed by atoms with E-state index in [0.29, 0.717) is 23.7 Å². The van der Waals surface area contributed by atoms with Gasteiger partial charge in [0.25, 0.3) is 0 Å². The van der Waals surface area contributed by atoms with E-state index in [0.717, 1.165) is 25.9 Å². The molecule has 1 heterocycles. The molecule has 1 aliphatic rings. The summed E-state index contributed by atoms with van der Waals surface area (Å²) in [5.74, 6) is 1.16. The topological polar surface area (TPSA) is 71.0 Å². The van der Waals surface area contributed by atoms with Gasteiger partial charge in [-0.15, -0.1) is 0 Å². The van der Waals surface area contributed by atoms with Crippen LogP contribution in [-0.2, 0) is 4.79 Å². The highest BCUT2D eigenvalue weighted by Gasteiger charge is 2.19. The summed E-state index contributed by atoms with van der Waals surface area (Å²) in [5.41, 5.74) is 0.596. The van der Waals surface area contributed by atoms with Gasteiger partial charge in [-0.2, -0.15) is 0 Å². The van der Waals surface area contributed by atoms with Gasteiger partial charge in [-0.25, -0.2) is 0 Å². The molecule has 1 aromatic carbocycles. The molecule has 0 aromatic heterocycles. The number of carbonyl (C=O) groups excluding carboxylic acids is 1. The van der Waals surface area contributed by atoms with E-state index in [9.17, 15) is 9.90 Å². The Morgan fingerprint density at radius 1 is 1.33 bits per heavy atom. The minimum absolute atomic E-state index is 0.0991. The normalized spacial score (nSPS) is 16.5. The largest absolute Gasteiger partial charge is 0.497 e. The number of hydrogen-bond acceptors (Lipinski definition) is 5. The second-order valence-electron chi connectivity index (χ2n) is 5.12. The van der Waals surface area contributed by atoms with Crippen LogP contribution < -0.4 is 14.8 Å². The van der Waals surface area contributed by atoms with Crippen LogP contribution in [0.3, 0.4) is 0 Å². The zero-order valence-electron chi connectivity index (χ0n) is 12.5. The summed E-state index contributed by atoms with van der Waals surface area (Å²) in [7, 11) is 3.13. The second-order valence-corrected chi connectivity index (χ2v) is 5.12. The molecule has 1 amide bonds. The van der Waals surface area contributed by atoms with Crippen molar-refractivity contribution in [2.24, 2.45) is 0 Å². The maximum absolute atomic E-state index is 12.1. The summed E-state index contributed by atoms with van der Waals surface area (Å²) in [6.07, 6.45) is 1.20. The van der Waals surface area contributed by atoms with Crippen molar-refractivity contribution in [1.29, 1.82) is 0 Å². The number of aliphatic hydroxyl groups is 1. The molecule has 0 radical (unpaired) electrons. The van der Waals surface area contributed by atoms with Gasteiger partial charge in [0, 0.05) is 19.2 Å². The lowest BCUT2D eigenvalue weighted by Crippen LogP contribution is -2.40. The highest BCUT2D eigenvalue weighted by molar-refractivity contribution is 5.94. The van der Waals surface area contributed by atoms with Crippen LogP contribution >= 0.6 is 0 Å². The van der Waals surface area contributed by atoms with Crippen molar-refractivity contribution < 1.29 is 19.4 Å². The summed E-state index contributed by atoms with van der Waals surface area (Å²) in [6, 6.07) is 5.27. The molecule has 1 aliphatic heterocycles. The number of hydrogen-bond donors (Lipinski definition) is 2. The molecule has 6 heteroatoms. The number of aliphatic hydroxyl groups excluding tert-OH is 1. The predicted molar refractivity (Wildman–Crippen MR) is 79.9 cm³/mol. The standard InChI is InChI=1S/C15H22N2O4/c1-20-12-3-4-14(21-2)13(9-12)16-15(19)10-17-7-5-11(18)6-8-17/h3-4,9,11,18H,5-8,10H2,1-2H3,(H,16,19). The van der Waals surface area contributed by atoms with E-state index in [1.165, 1.54) is 0 Å². The second kappa shape index (κ2) is 7.28. The molecule has 0 bridgehead atoms. The van der Waals surface area contributed by atoms with E-state index in [1.807, 2.05) is 4.90 Å². The Balaban J connectivity index is 1.95. The van der Waals surface area contributed by atoms with Crippen molar-refractivity contribution in [2.45, 2.75) is 18.9 Å². The van der Waals surface area contributed by atoms with E-state index >= 15 is 0 Å². The van der Waals surface area contributed by atoms with Crippen LogP contribution in [0.15, 0.2) is 18.2 Å². The molecule has 0 spiro atoms. The van der Waals surface area contributed by atoms with Crippen molar-refractivity contribution in [3.8, 4) is 11.5 Å². The van der Waals surface area contributed by atoms with Crippen LogP contribution in [0, 0.1) is 0 Å². The highest BCUT2D eigenvalue weighted by atomic mass is 16.5. The zero-order valence-corrected chi connectivity index (χ0v) is 12.5. The fraction of sp³-hybridized carbons (Fsp3) is 0.533. The van der Waals surface area contributed by atoms with Crippen LogP contribution in [-0.4, -0.2) is 55.9 Å². The third-order valence-corrected chi connectivity index (χ3v) is 3.61. The molecular formula is C15H22N2O4. The quantitative estimate of drug-likeness (QED) is 0.851. The zero-order chi connectivity index (χ0) is 15.2. The average molecular weight is 294 g/mol. The number of nitrogens with one attached hydrogen (secondary N) is 1. The number of methoxy groups -OCH3 is 2. The van der Waals surface area contributed by atoms with Crippen molar-refractivity contribution in [1.82, 2.24) is 4.90 Å². The van der Waals surface area contributed by atoms with Crippen LogP contribution in [0.25, 0.3) is 0 Å². The van der Waals surface area contributed by atoms with Gasteiger partial charge >= 0.3 is 0 Å². The Hall–Kier alpha value is -1.79. The Morgan fingerprint density at radius 3 is 2.67 bits per heavy atom. The van der Waals surface area contributed by atoms with Gasteiger partial charge in [-0.3, -0.25) is 9.69 Å². The monoisotopic (exact) mass is 294 g/mol. The van der Waals surface area contributed by atoms with E-state index in [2.05, 4.69) is 5.32 Å². The molecule has 2 rings (SSSR count). The Morgan fingerprint density at radius 2 is 2.05 bits per heavy atom. The van der Waals surface area contributed by atoms with E-state index < -0.39 is 0 Å². The van der Waals surface area contributed by atoms with Crippen LogP contribution in [0.4, 0.5) is 5.69 Å². The number of nitrogens with zero attached hydrogens (tertiary/aromatic N) is 1. The first-order chi connectivity index (χ1) is 10.1. The number of anilines is 1. The van der Waals surface area contributed by atoms with Crippen molar-refractivity contribution in [3.63, 3.8) is 0 Å². The number of likely N-dealkylation sites (tertiary alicyclic amines) is 1. The first-order valence-electron chi connectivity index (χ1n) is 7.04. The molecule has 0 saturated carbocycles. The molecule has 2 N–H and O–H groups in total. The number of rotatable bonds is 5. The summed E-state index contributed by atoms with van der Waals surface area (Å²) in [4.78, 5) is 14.2. The lowest BCUT2D eigenvalue weighted by Gasteiger charge is -2.28. The van der Waals surface area contributed by atoms with E-state index in [-0.39, 0.29) is 12.0 Å². The molecule has 1 aromatic rings. The molecular weight excluding hydrogens is 272 g/mol. The number of piperidine rings is 1. The molecule has 1 saturated heterocycles. The molecule has 21 heavy (non-hydrogen) atoms. The third-order valence-electron chi connectivity index (χ3n) is 3.61. The summed E-state index contributed by atoms with van der Waals surface area (Å²) < 4.78 is 10.4. The SMILES string of the molecule is COc1ccc(OC)c(NC(=O)CN2CCC(O)CC2)c1. The van der Waals surface area contributed by atoms with Gasteiger partial charge in [-0.05, 0) is 25.0 Å². The number of benzene rings is 1. The summed E-state index contributed by atoms with van der Waals surface area (Å²) in [5, 5.41) is 12.3. The van der Waals surface area contributed by atoms with Gasteiger partial charge < -0.3 is 19.9 Å². The molecule has 1 fully saturated rings. The minimum atomic E-state index is -0.234. The Labute approximate surface area is 124 Å². The minimum Gasteiger partial charge on any atom is -0.497 e. The molecule has 0 aliphatic carbocycles. The van der Waals surface area contributed by atoms with Crippen molar-refractivity contribution in [2.75, 3.05) is 39.2 Å². The average Bonchev–Trinajstić information content (AvgIpc) is 2.49. The fourth-order valence-electron chi connectivity index (χ4n) is 2.38. The fourth-order valence-corrected chi connectivity index (χ4v) is 2.38. The third kappa shape index (κ3) is 4.34. The first kappa shape index (κ1) is 15.6. The van der Waals surface area contributed by atoms with Crippen molar-refractivity contribution in [3.05, 3.63) is 18.2 Å². The number of amides is 1. The van der Waals surface area contributed by atoms with E-state index in [1.54, 1.807) is 32.4 Å². The van der Waals surface area contributed by atoms with Gasteiger partial charge in [-0.1, -0.05) is 0 Å². The summed E-state index contributed by atoms with van der Waals surface area (Å²) >= 11 is 0. The maximum atomic E-state index is 12.1. The van der Waals surface area contributed by atoms with E-state index in [4.69, 9.17) is 9.47 Å². The van der Waals surface area contributed by atoms with Gasteiger partial charge in [0.15, 0.2) is 0 Å². The van der Waals surface area contributed by atoms with Crippen molar-refractivity contribution >= 4 is 11.6 Å². The lowest BCUT2D eigenvalue weighted by molar-refractivity contribution is -0.117. The molecule has 0 unspecified atom stereocenters. The van der Waals surface area contributed by atoms with Gasteiger partial charge in [0.2, 0.25) is 5.91 Å². The Bertz CT molecular complexity index is 485. The smallest absolute Gasteiger partial charge is 0.238 e. The number of carbonyl (C=O) groups is 1. The lowest BCUT2D eigenvalue weighted by atomic mass is 10.1. The maximum Gasteiger partial charge on any atom is 0.238 e. The van der Waals surface area contributed by atoms with Gasteiger partial charge in [0.1, 0.15) is 11.5 Å². The first-order valence-corrected chi connectivity index (χ1v) is 7.04. The molecule has 6 nitrogen and oxygen atoms in total. The van der Waals surface area contributed by atoms with Crippen LogP contribution in [0.5, 0.6) is 11.5 Å². The van der Waals surface area contributed by atoms with Gasteiger partial charge in [0.05, 0.1) is 32.6 Å².